The van der Waals surface area contributed by atoms with Crippen molar-refractivity contribution in [3.8, 4) is 0 Å². The maximum absolute atomic E-state index is 12.7. The summed E-state index contributed by atoms with van der Waals surface area (Å²) in [6.45, 7) is 7.79. The smallest absolute Gasteiger partial charge is 0.255 e. The number of aromatic nitrogens is 1. The van der Waals surface area contributed by atoms with E-state index in [9.17, 15) is 4.79 Å². The predicted octanol–water partition coefficient (Wildman–Crippen LogP) is 3.43. The number of hydrogen-bond acceptors (Lipinski definition) is 3. The molecule has 0 atom stereocenters. The number of carbonyl (C=O) groups excluding carboxylic acids is 1. The Morgan fingerprint density at radius 3 is 2.80 bits per heavy atom. The number of nitrogens with one attached hydrogen (secondary N) is 1. The molecule has 0 spiro atoms. The monoisotopic (exact) mass is 295 g/mol. The van der Waals surface area contributed by atoms with Crippen LogP contribution >= 0.6 is 11.6 Å². The van der Waals surface area contributed by atoms with Gasteiger partial charge in [-0.2, -0.15) is 0 Å². The molecule has 0 unspecified atom stereocenters. The minimum Gasteiger partial charge on any atom is -0.370 e. The first-order valence-corrected chi connectivity index (χ1v) is 7.61. The number of anilines is 1. The van der Waals surface area contributed by atoms with Crippen LogP contribution in [0.4, 0.5) is 5.82 Å². The first-order chi connectivity index (χ1) is 9.52. The zero-order chi connectivity index (χ0) is 14.7. The lowest BCUT2D eigenvalue weighted by Gasteiger charge is -2.25. The highest BCUT2D eigenvalue weighted by Gasteiger charge is 2.34. The summed E-state index contributed by atoms with van der Waals surface area (Å²) in [5.74, 6) is 1.17. The van der Waals surface area contributed by atoms with Crippen molar-refractivity contribution in [3.05, 3.63) is 22.8 Å². The molecule has 0 radical (unpaired) electrons. The van der Waals surface area contributed by atoms with Gasteiger partial charge >= 0.3 is 0 Å². The van der Waals surface area contributed by atoms with Crippen LogP contribution in [0.5, 0.6) is 0 Å². The molecule has 1 aliphatic rings. The number of amides is 1. The molecule has 1 saturated carbocycles. The van der Waals surface area contributed by atoms with Crippen molar-refractivity contribution in [2.75, 3.05) is 18.4 Å². The molecule has 1 aliphatic carbocycles. The van der Waals surface area contributed by atoms with Gasteiger partial charge in [0.05, 0.1) is 10.6 Å². The normalized spacial score (nSPS) is 14.4. The standard InChI is InChI=1S/C15H22ClN3O/c1-4-17-14-7-12(13(16)8-18-14)15(20)19(9-10(2)3)11-5-6-11/h7-8,10-11H,4-6,9H2,1-3H3,(H,17,18). The molecule has 1 aromatic rings. The quantitative estimate of drug-likeness (QED) is 0.874. The topological polar surface area (TPSA) is 45.2 Å². The number of rotatable bonds is 6. The Bertz CT molecular complexity index is 486. The maximum atomic E-state index is 12.7. The van der Waals surface area contributed by atoms with Gasteiger partial charge in [0.2, 0.25) is 0 Å². The molecule has 1 aromatic heterocycles. The van der Waals surface area contributed by atoms with Crippen molar-refractivity contribution >= 4 is 23.3 Å². The molecule has 1 amide bonds. The lowest BCUT2D eigenvalue weighted by Crippen LogP contribution is -2.36. The fourth-order valence-corrected chi connectivity index (χ4v) is 2.40. The van der Waals surface area contributed by atoms with Crippen LogP contribution in [-0.2, 0) is 0 Å². The zero-order valence-corrected chi connectivity index (χ0v) is 13.1. The van der Waals surface area contributed by atoms with E-state index in [1.165, 1.54) is 0 Å². The number of hydrogen-bond donors (Lipinski definition) is 1. The molecule has 1 heterocycles. The van der Waals surface area contributed by atoms with E-state index in [1.807, 2.05) is 11.8 Å². The molecule has 20 heavy (non-hydrogen) atoms. The van der Waals surface area contributed by atoms with Crippen LogP contribution in [0.2, 0.25) is 5.02 Å². The summed E-state index contributed by atoms with van der Waals surface area (Å²) >= 11 is 6.16. The molecule has 5 heteroatoms. The molecule has 4 nitrogen and oxygen atoms in total. The summed E-state index contributed by atoms with van der Waals surface area (Å²) in [4.78, 5) is 18.9. The summed E-state index contributed by atoms with van der Waals surface area (Å²) in [6, 6.07) is 2.14. The lowest BCUT2D eigenvalue weighted by molar-refractivity contribution is 0.0722. The SMILES string of the molecule is CCNc1cc(C(=O)N(CC(C)C)C2CC2)c(Cl)cn1. The molecule has 1 fully saturated rings. The van der Waals surface area contributed by atoms with Gasteiger partial charge in [0.15, 0.2) is 0 Å². The average molecular weight is 296 g/mol. The minimum absolute atomic E-state index is 0.0211. The van der Waals surface area contributed by atoms with Crippen LogP contribution in [0.1, 0.15) is 44.0 Å². The molecule has 1 N–H and O–H groups in total. The lowest BCUT2D eigenvalue weighted by atomic mass is 10.1. The summed E-state index contributed by atoms with van der Waals surface area (Å²) in [7, 11) is 0. The van der Waals surface area contributed by atoms with E-state index in [4.69, 9.17) is 11.6 Å². The summed E-state index contributed by atoms with van der Waals surface area (Å²) in [6.07, 6.45) is 3.75. The van der Waals surface area contributed by atoms with Crippen molar-refractivity contribution in [1.29, 1.82) is 0 Å². The Balaban J connectivity index is 2.23. The van der Waals surface area contributed by atoms with E-state index in [0.29, 0.717) is 28.4 Å². The van der Waals surface area contributed by atoms with E-state index in [2.05, 4.69) is 24.1 Å². The van der Waals surface area contributed by atoms with Gasteiger partial charge < -0.3 is 10.2 Å². The van der Waals surface area contributed by atoms with Crippen LogP contribution in [0.25, 0.3) is 0 Å². The molecule has 0 saturated heterocycles. The number of pyridine rings is 1. The highest BCUT2D eigenvalue weighted by Crippen LogP contribution is 2.30. The van der Waals surface area contributed by atoms with Gasteiger partial charge in [-0.25, -0.2) is 4.98 Å². The van der Waals surface area contributed by atoms with Crippen LogP contribution in [-0.4, -0.2) is 34.9 Å². The minimum atomic E-state index is 0.0211. The number of nitrogens with zero attached hydrogens (tertiary/aromatic N) is 2. The molecular weight excluding hydrogens is 274 g/mol. The van der Waals surface area contributed by atoms with Crippen LogP contribution < -0.4 is 5.32 Å². The van der Waals surface area contributed by atoms with Gasteiger partial charge in [-0.05, 0) is 31.7 Å². The van der Waals surface area contributed by atoms with Gasteiger partial charge in [0.1, 0.15) is 5.82 Å². The molecular formula is C15H22ClN3O. The highest BCUT2D eigenvalue weighted by atomic mass is 35.5. The predicted molar refractivity (Wildman–Crippen MR) is 82.3 cm³/mol. The first-order valence-electron chi connectivity index (χ1n) is 7.23. The molecule has 110 valence electrons. The second-order valence-electron chi connectivity index (χ2n) is 5.66. The van der Waals surface area contributed by atoms with Gasteiger partial charge in [0.25, 0.3) is 5.91 Å². The Kier molecular flexibility index (Phi) is 4.86. The van der Waals surface area contributed by atoms with Crippen LogP contribution in [0.15, 0.2) is 12.3 Å². The Labute approximate surface area is 125 Å². The van der Waals surface area contributed by atoms with E-state index in [-0.39, 0.29) is 5.91 Å². The van der Waals surface area contributed by atoms with Crippen LogP contribution in [0, 0.1) is 5.92 Å². The number of halogens is 1. The second-order valence-corrected chi connectivity index (χ2v) is 6.07. The Morgan fingerprint density at radius 2 is 2.25 bits per heavy atom. The average Bonchev–Trinajstić information content (AvgIpc) is 3.22. The zero-order valence-electron chi connectivity index (χ0n) is 12.3. The third-order valence-corrected chi connectivity index (χ3v) is 3.56. The van der Waals surface area contributed by atoms with Crippen molar-refractivity contribution in [3.63, 3.8) is 0 Å². The van der Waals surface area contributed by atoms with E-state index >= 15 is 0 Å². The summed E-state index contributed by atoms with van der Waals surface area (Å²) < 4.78 is 0. The molecule has 0 bridgehead atoms. The van der Waals surface area contributed by atoms with Gasteiger partial charge in [-0.1, -0.05) is 25.4 Å². The highest BCUT2D eigenvalue weighted by molar-refractivity contribution is 6.33. The summed E-state index contributed by atoms with van der Waals surface area (Å²) in [5, 5.41) is 3.54. The van der Waals surface area contributed by atoms with E-state index in [0.717, 1.165) is 25.9 Å². The van der Waals surface area contributed by atoms with Crippen molar-refractivity contribution in [2.24, 2.45) is 5.92 Å². The fourth-order valence-electron chi connectivity index (χ4n) is 2.21. The third-order valence-electron chi connectivity index (χ3n) is 3.25. The molecule has 2 rings (SSSR count). The largest absolute Gasteiger partial charge is 0.370 e. The summed E-state index contributed by atoms with van der Waals surface area (Å²) in [5.41, 5.74) is 0.546. The molecule has 0 aliphatic heterocycles. The van der Waals surface area contributed by atoms with E-state index < -0.39 is 0 Å². The van der Waals surface area contributed by atoms with Crippen molar-refractivity contribution in [2.45, 2.75) is 39.7 Å². The first kappa shape index (κ1) is 15.1. The Hall–Kier alpha value is -1.29. The maximum Gasteiger partial charge on any atom is 0.255 e. The fraction of sp³-hybridized carbons (Fsp3) is 0.600. The third kappa shape index (κ3) is 3.63. The van der Waals surface area contributed by atoms with E-state index in [1.54, 1.807) is 12.3 Å². The Morgan fingerprint density at radius 1 is 1.55 bits per heavy atom. The number of carbonyl (C=O) groups is 1. The second kappa shape index (κ2) is 6.44. The van der Waals surface area contributed by atoms with Crippen molar-refractivity contribution < 1.29 is 4.79 Å². The van der Waals surface area contributed by atoms with Gasteiger partial charge in [-0.15, -0.1) is 0 Å². The van der Waals surface area contributed by atoms with Crippen LogP contribution in [0.3, 0.4) is 0 Å². The van der Waals surface area contributed by atoms with Gasteiger partial charge in [-0.3, -0.25) is 4.79 Å². The molecule has 0 aromatic carbocycles. The van der Waals surface area contributed by atoms with Gasteiger partial charge in [0, 0.05) is 25.3 Å². The van der Waals surface area contributed by atoms with Crippen molar-refractivity contribution in [1.82, 2.24) is 9.88 Å².